The zero-order chi connectivity index (χ0) is 36.4. The molecule has 5 aliphatic heterocycles. The molecule has 2 saturated carbocycles. The number of piperidine rings is 1. The summed E-state index contributed by atoms with van der Waals surface area (Å²) in [6.45, 7) is 3.69. The average Bonchev–Trinajstić information content (AvgIpc) is 4.02. The van der Waals surface area contributed by atoms with Crippen LogP contribution in [0.4, 0.5) is 28.0 Å². The number of anilines is 1. The van der Waals surface area contributed by atoms with E-state index < -0.39 is 60.7 Å². The van der Waals surface area contributed by atoms with E-state index in [-0.39, 0.29) is 35.4 Å². The Bertz CT molecular complexity index is 1530. The molecule has 0 radical (unpaired) electrons. The van der Waals surface area contributed by atoms with Gasteiger partial charge in [-0.3, -0.25) is 14.5 Å². The fourth-order valence-electron chi connectivity index (χ4n) is 8.83. The third-order valence-corrected chi connectivity index (χ3v) is 12.4. The summed E-state index contributed by atoms with van der Waals surface area (Å²) in [6.07, 6.45) is -1.67. The van der Waals surface area contributed by atoms with Gasteiger partial charge in [0.25, 0.3) is 0 Å². The highest BCUT2D eigenvalue weighted by atomic mass is 19.4. The standard InChI is InChI=1S/C36H48F4N6O6/c1-43-10-12-45(13-11-43)34(49)42-32(31(21-2-3-21)22-4-5-22)33(48)41-26-15-28-24(14-25(26)37)27(46-17-29(36(38,39)40)51-20-30(46)47)16-35(52-28)6-8-44(9-7-35)23-18-50-19-23/h14-15,21-23,27,29,31-32H,2-13,16-20H2,1H3,(H,41,48)(H,42,49)/t27?,29?,32-/m0/s1. The van der Waals surface area contributed by atoms with Gasteiger partial charge in [0.15, 0.2) is 6.10 Å². The largest absolute Gasteiger partial charge is 0.487 e. The lowest BCUT2D eigenvalue weighted by Crippen LogP contribution is -2.59. The van der Waals surface area contributed by atoms with Crippen LogP contribution in [0.15, 0.2) is 12.1 Å². The third-order valence-electron chi connectivity index (χ3n) is 12.4. The summed E-state index contributed by atoms with van der Waals surface area (Å²) in [7, 11) is 1.99. The number of fused-ring (bicyclic) bond motifs is 1. The first-order valence-corrected chi connectivity index (χ1v) is 18.7. The van der Waals surface area contributed by atoms with Crippen LogP contribution in [0.3, 0.4) is 0 Å². The molecule has 16 heteroatoms. The predicted octanol–water partition coefficient (Wildman–Crippen LogP) is 3.37. The molecular formula is C36H48F4N6O6. The third kappa shape index (κ3) is 7.32. The fourth-order valence-corrected chi connectivity index (χ4v) is 8.83. The number of benzene rings is 1. The van der Waals surface area contributed by atoms with Crippen LogP contribution in [-0.2, 0) is 19.1 Å². The van der Waals surface area contributed by atoms with E-state index in [4.69, 9.17) is 14.2 Å². The number of halogens is 4. The highest BCUT2D eigenvalue weighted by Crippen LogP contribution is 2.52. The van der Waals surface area contributed by atoms with Gasteiger partial charge >= 0.3 is 12.2 Å². The molecule has 8 rings (SSSR count). The maximum Gasteiger partial charge on any atom is 0.416 e. The number of hydrogen-bond acceptors (Lipinski definition) is 8. The minimum atomic E-state index is -4.69. The number of likely N-dealkylation sites (N-methyl/N-ethyl adjacent to an activating group) is 1. The Morgan fingerprint density at radius 3 is 2.25 bits per heavy atom. The van der Waals surface area contributed by atoms with Crippen molar-refractivity contribution in [3.8, 4) is 5.75 Å². The molecule has 4 saturated heterocycles. The van der Waals surface area contributed by atoms with Gasteiger partial charge < -0.3 is 39.5 Å². The molecule has 1 spiro atoms. The van der Waals surface area contributed by atoms with E-state index in [2.05, 4.69) is 20.4 Å². The summed E-state index contributed by atoms with van der Waals surface area (Å²) >= 11 is 0. The smallest absolute Gasteiger partial charge is 0.416 e. The quantitative estimate of drug-likeness (QED) is 0.391. The van der Waals surface area contributed by atoms with Gasteiger partial charge in [-0.05, 0) is 69.4 Å². The van der Waals surface area contributed by atoms with Crippen molar-refractivity contribution in [2.24, 2.45) is 17.8 Å². The van der Waals surface area contributed by atoms with Crippen LogP contribution in [0.25, 0.3) is 0 Å². The topological polar surface area (TPSA) is 116 Å². The lowest BCUT2D eigenvalue weighted by molar-refractivity contribution is -0.238. The first kappa shape index (κ1) is 35.8. The molecule has 5 heterocycles. The number of likely N-dealkylation sites (tertiary alicyclic amines) is 1. The monoisotopic (exact) mass is 736 g/mol. The minimum absolute atomic E-state index is 0.0684. The van der Waals surface area contributed by atoms with Crippen LogP contribution in [0.5, 0.6) is 5.75 Å². The van der Waals surface area contributed by atoms with Crippen molar-refractivity contribution in [1.29, 1.82) is 0 Å². The van der Waals surface area contributed by atoms with E-state index in [1.807, 2.05) is 7.05 Å². The Hall–Kier alpha value is -3.21. The molecule has 6 fully saturated rings. The van der Waals surface area contributed by atoms with Crippen LogP contribution >= 0.6 is 0 Å². The highest BCUT2D eigenvalue weighted by Gasteiger charge is 2.52. The van der Waals surface area contributed by atoms with Crippen molar-refractivity contribution in [3.63, 3.8) is 0 Å². The molecule has 3 atom stereocenters. The number of carbonyl (C=O) groups excluding carboxylic acids is 3. The zero-order valence-corrected chi connectivity index (χ0v) is 29.5. The molecule has 7 aliphatic rings. The molecule has 0 aromatic heterocycles. The summed E-state index contributed by atoms with van der Waals surface area (Å²) in [5.41, 5.74) is -0.721. The number of carbonyl (C=O) groups is 3. The number of hydrogen-bond donors (Lipinski definition) is 2. The number of rotatable bonds is 8. The molecule has 4 amide bonds. The molecule has 2 N–H and O–H groups in total. The summed E-state index contributed by atoms with van der Waals surface area (Å²) in [5.74, 6) is -1.17. The van der Waals surface area contributed by atoms with Crippen LogP contribution in [0.2, 0.25) is 0 Å². The maximum atomic E-state index is 16.2. The predicted molar refractivity (Wildman–Crippen MR) is 179 cm³/mol. The van der Waals surface area contributed by atoms with Crippen molar-refractivity contribution >= 4 is 23.5 Å². The number of amides is 4. The summed E-state index contributed by atoms with van der Waals surface area (Å²) in [5, 5.41) is 5.80. The molecule has 12 nitrogen and oxygen atoms in total. The summed E-state index contributed by atoms with van der Waals surface area (Å²) < 4.78 is 74.6. The SMILES string of the molecule is CN1CCN(C(=O)N[C@H](C(=O)Nc2cc3c(cc2F)C(N2CC(C(F)(F)F)OCC2=O)CC2(CCN(C4COC4)CC2)O3)C(C2CC2)C2CC2)CC1. The maximum absolute atomic E-state index is 16.2. The van der Waals surface area contributed by atoms with Gasteiger partial charge in [0.1, 0.15) is 29.8 Å². The molecule has 1 aromatic carbocycles. The van der Waals surface area contributed by atoms with Gasteiger partial charge in [0, 0.05) is 57.3 Å². The zero-order valence-electron chi connectivity index (χ0n) is 29.5. The number of morpholine rings is 1. The van der Waals surface area contributed by atoms with Crippen LogP contribution < -0.4 is 15.4 Å². The molecule has 1 aromatic rings. The minimum Gasteiger partial charge on any atom is -0.487 e. The van der Waals surface area contributed by atoms with Crippen LogP contribution in [-0.4, -0.2) is 140 Å². The summed E-state index contributed by atoms with van der Waals surface area (Å²) in [4.78, 5) is 48.2. The second-order valence-corrected chi connectivity index (χ2v) is 15.9. The van der Waals surface area contributed by atoms with Crippen molar-refractivity contribution in [2.45, 2.75) is 81.0 Å². The average molecular weight is 737 g/mol. The second kappa shape index (κ2) is 13.9. The van der Waals surface area contributed by atoms with Crippen LogP contribution in [0, 0.1) is 23.6 Å². The van der Waals surface area contributed by atoms with E-state index in [1.54, 1.807) is 4.90 Å². The number of nitrogens with zero attached hydrogens (tertiary/aromatic N) is 4. The van der Waals surface area contributed by atoms with Crippen molar-refractivity contribution in [2.75, 3.05) is 78.0 Å². The Morgan fingerprint density at radius 2 is 1.65 bits per heavy atom. The lowest BCUT2D eigenvalue weighted by atomic mass is 9.79. The Labute approximate surface area is 300 Å². The van der Waals surface area contributed by atoms with Gasteiger partial charge in [-0.1, -0.05) is 0 Å². The number of urea groups is 1. The van der Waals surface area contributed by atoms with Crippen molar-refractivity contribution < 1.29 is 46.2 Å². The Kier molecular flexibility index (Phi) is 9.56. The molecular weight excluding hydrogens is 688 g/mol. The Balaban J connectivity index is 1.07. The number of ether oxygens (including phenoxy) is 3. The van der Waals surface area contributed by atoms with Gasteiger partial charge in [0.2, 0.25) is 11.8 Å². The second-order valence-electron chi connectivity index (χ2n) is 15.9. The molecule has 0 bridgehead atoms. The van der Waals surface area contributed by atoms with Crippen molar-refractivity contribution in [1.82, 2.24) is 24.9 Å². The molecule has 2 aliphatic carbocycles. The molecule has 2 unspecified atom stereocenters. The summed E-state index contributed by atoms with van der Waals surface area (Å²) in [6, 6.07) is 0.794. The van der Waals surface area contributed by atoms with Crippen molar-refractivity contribution in [3.05, 3.63) is 23.5 Å². The van der Waals surface area contributed by atoms with Gasteiger partial charge in [0.05, 0.1) is 37.5 Å². The Morgan fingerprint density at radius 1 is 0.981 bits per heavy atom. The van der Waals surface area contributed by atoms with Gasteiger partial charge in [-0.25, -0.2) is 9.18 Å². The number of nitrogens with one attached hydrogen (secondary N) is 2. The first-order valence-electron chi connectivity index (χ1n) is 18.7. The van der Waals surface area contributed by atoms with Gasteiger partial charge in [-0.2, -0.15) is 13.2 Å². The first-order chi connectivity index (χ1) is 24.9. The number of piperazine rings is 1. The molecule has 52 heavy (non-hydrogen) atoms. The van der Waals surface area contributed by atoms with E-state index in [0.29, 0.717) is 70.1 Å². The normalized spacial score (nSPS) is 27.9. The number of alkyl halides is 3. The molecule has 286 valence electrons. The highest BCUT2D eigenvalue weighted by molar-refractivity contribution is 5.97. The van der Waals surface area contributed by atoms with Gasteiger partial charge in [-0.15, -0.1) is 0 Å². The van der Waals surface area contributed by atoms with E-state index >= 15 is 4.39 Å². The van der Waals surface area contributed by atoms with E-state index in [0.717, 1.165) is 43.7 Å². The van der Waals surface area contributed by atoms with E-state index in [1.165, 1.54) is 12.1 Å². The lowest BCUT2D eigenvalue weighted by Gasteiger charge is -2.51. The van der Waals surface area contributed by atoms with E-state index in [9.17, 15) is 27.6 Å². The van der Waals surface area contributed by atoms with Crippen LogP contribution in [0.1, 0.15) is 56.6 Å². The fraction of sp³-hybridized carbons (Fsp3) is 0.750.